The van der Waals surface area contributed by atoms with Crippen LogP contribution in [0, 0.1) is 10.1 Å². The highest BCUT2D eigenvalue weighted by molar-refractivity contribution is 8.01. The zero-order valence-corrected chi connectivity index (χ0v) is 27.6. The Hall–Kier alpha value is -5.31. The highest BCUT2D eigenvalue weighted by atomic mass is 35.5. The molecule has 1 heterocycles. The van der Waals surface area contributed by atoms with Crippen LogP contribution in [0.5, 0.6) is 0 Å². The lowest BCUT2D eigenvalue weighted by Gasteiger charge is -2.18. The maximum Gasteiger partial charge on any atom is 0.407 e. The number of alkyl carbamates (subject to hydrolysis) is 1. The summed E-state index contributed by atoms with van der Waals surface area (Å²) in [6, 6.07) is 24.9. The number of anilines is 1. The number of nitrogens with zero attached hydrogens (tertiary/aromatic N) is 3. The van der Waals surface area contributed by atoms with Crippen LogP contribution in [0.2, 0.25) is 5.02 Å². The van der Waals surface area contributed by atoms with E-state index in [4.69, 9.17) is 16.3 Å². The third kappa shape index (κ3) is 8.94. The molecule has 0 saturated heterocycles. The molecule has 0 bridgehead atoms. The van der Waals surface area contributed by atoms with Crippen LogP contribution >= 0.6 is 34.7 Å². The van der Waals surface area contributed by atoms with Crippen molar-refractivity contribution in [1.29, 1.82) is 0 Å². The molecule has 0 unspecified atom stereocenters. The zero-order chi connectivity index (χ0) is 34.0. The van der Waals surface area contributed by atoms with E-state index in [0.29, 0.717) is 42.2 Å². The van der Waals surface area contributed by atoms with E-state index in [1.807, 2.05) is 6.07 Å². The van der Waals surface area contributed by atoms with Crippen molar-refractivity contribution in [2.75, 3.05) is 11.9 Å². The molecule has 0 spiro atoms. The molecule has 4 aromatic carbocycles. The van der Waals surface area contributed by atoms with Crippen LogP contribution in [-0.4, -0.2) is 40.6 Å². The van der Waals surface area contributed by atoms with E-state index in [1.165, 1.54) is 23.6 Å². The Morgan fingerprint density at radius 3 is 2.58 bits per heavy atom. The second-order valence-electron chi connectivity index (χ2n) is 10.0. The number of carbonyl (C=O) groups is 3. The molecule has 5 aromatic rings. The van der Waals surface area contributed by atoms with Crippen LogP contribution in [0.15, 0.2) is 105 Å². The van der Waals surface area contributed by atoms with Crippen LogP contribution in [0.1, 0.15) is 40.9 Å². The van der Waals surface area contributed by atoms with Crippen LogP contribution in [0.4, 0.5) is 16.2 Å². The standard InChI is InChI=1S/C33H27ClN6O6S2/c1-2-46-32(43)37-26(21-8-4-3-5-9-21)18-30(41)39-35-19-20-12-15-28(27(16-20)40(44)45)47-33-38-25-14-13-22(17-29(25)48-33)36-31(42)23-10-6-7-11-24(23)34/h3-17,19,26H,2,18H2,1H3,(H,36,42)(H,37,43)(H,39,41)/b35-19-/t26-/m1/s1. The quantitative estimate of drug-likeness (QED) is 0.0680. The normalized spacial score (nSPS) is 11.6. The number of nitro benzene ring substituents is 1. The van der Waals surface area contributed by atoms with E-state index >= 15 is 0 Å². The molecule has 1 atom stereocenters. The van der Waals surface area contributed by atoms with Crippen LogP contribution in [-0.2, 0) is 9.53 Å². The fourth-order valence-electron chi connectivity index (χ4n) is 4.47. The van der Waals surface area contributed by atoms with Gasteiger partial charge in [-0.1, -0.05) is 71.9 Å². The van der Waals surface area contributed by atoms with Crippen molar-refractivity contribution in [3.8, 4) is 0 Å². The van der Waals surface area contributed by atoms with Crippen LogP contribution in [0.3, 0.4) is 0 Å². The first kappa shape index (κ1) is 34.0. The van der Waals surface area contributed by atoms with Gasteiger partial charge in [-0.2, -0.15) is 5.10 Å². The summed E-state index contributed by atoms with van der Waals surface area (Å²) in [5, 5.41) is 21.8. The molecule has 5 rings (SSSR count). The van der Waals surface area contributed by atoms with Crippen LogP contribution < -0.4 is 16.1 Å². The highest BCUT2D eigenvalue weighted by Gasteiger charge is 2.20. The number of ether oxygens (including phenoxy) is 1. The number of hydrogen-bond donors (Lipinski definition) is 3. The molecule has 0 aliphatic rings. The molecule has 0 radical (unpaired) electrons. The second kappa shape index (κ2) is 16.0. The van der Waals surface area contributed by atoms with Gasteiger partial charge in [-0.25, -0.2) is 15.2 Å². The molecule has 0 saturated carbocycles. The molecule has 1 aromatic heterocycles. The van der Waals surface area contributed by atoms with E-state index in [1.54, 1.807) is 85.8 Å². The Kier molecular flexibility index (Phi) is 11.3. The minimum atomic E-state index is -0.654. The van der Waals surface area contributed by atoms with Crippen molar-refractivity contribution in [3.05, 3.63) is 123 Å². The van der Waals surface area contributed by atoms with Gasteiger partial charge in [-0.05, 0) is 48.9 Å². The first-order valence-corrected chi connectivity index (χ1v) is 16.4. The predicted molar refractivity (Wildman–Crippen MR) is 186 cm³/mol. The van der Waals surface area contributed by atoms with E-state index in [9.17, 15) is 24.5 Å². The van der Waals surface area contributed by atoms with Gasteiger partial charge in [-0.3, -0.25) is 19.7 Å². The van der Waals surface area contributed by atoms with Gasteiger partial charge in [0.2, 0.25) is 5.91 Å². The monoisotopic (exact) mass is 702 g/mol. The summed E-state index contributed by atoms with van der Waals surface area (Å²) in [5.41, 5.74) is 4.92. The molecule has 0 fully saturated rings. The van der Waals surface area contributed by atoms with E-state index in [0.717, 1.165) is 16.5 Å². The Labute approximate surface area is 287 Å². The molecule has 244 valence electrons. The van der Waals surface area contributed by atoms with Crippen molar-refractivity contribution in [2.24, 2.45) is 5.10 Å². The lowest BCUT2D eigenvalue weighted by atomic mass is 10.0. The van der Waals surface area contributed by atoms with Gasteiger partial charge in [0.25, 0.3) is 11.6 Å². The van der Waals surface area contributed by atoms with Crippen molar-refractivity contribution < 1.29 is 24.0 Å². The number of thiazole rings is 1. The smallest absolute Gasteiger partial charge is 0.407 e. The minimum absolute atomic E-state index is 0.118. The van der Waals surface area contributed by atoms with E-state index in [2.05, 4.69) is 26.1 Å². The largest absolute Gasteiger partial charge is 0.450 e. The number of amides is 3. The maximum absolute atomic E-state index is 12.7. The van der Waals surface area contributed by atoms with Crippen molar-refractivity contribution >= 4 is 80.4 Å². The molecule has 12 nitrogen and oxygen atoms in total. The number of hydrazone groups is 1. The molecular formula is C33H27ClN6O6S2. The minimum Gasteiger partial charge on any atom is -0.450 e. The Bertz CT molecular complexity index is 2010. The molecule has 48 heavy (non-hydrogen) atoms. The van der Waals surface area contributed by atoms with Crippen LogP contribution in [0.25, 0.3) is 10.2 Å². The molecule has 0 aliphatic carbocycles. The topological polar surface area (TPSA) is 165 Å². The number of fused-ring (bicyclic) bond motifs is 1. The number of hydrogen-bond acceptors (Lipinski definition) is 10. The lowest BCUT2D eigenvalue weighted by molar-refractivity contribution is -0.387. The number of nitrogens with one attached hydrogen (secondary N) is 3. The van der Waals surface area contributed by atoms with E-state index in [-0.39, 0.29) is 24.6 Å². The Morgan fingerprint density at radius 2 is 1.83 bits per heavy atom. The molecule has 0 aliphatic heterocycles. The number of halogens is 1. The first-order valence-electron chi connectivity index (χ1n) is 14.4. The summed E-state index contributed by atoms with van der Waals surface area (Å²) < 4.78 is 6.30. The third-order valence-corrected chi connectivity index (χ3v) is 9.16. The number of carbonyl (C=O) groups excluding carboxylic acids is 3. The number of nitro groups is 1. The van der Waals surface area contributed by atoms with E-state index < -0.39 is 23.0 Å². The van der Waals surface area contributed by atoms with Crippen molar-refractivity contribution in [3.63, 3.8) is 0 Å². The summed E-state index contributed by atoms with van der Waals surface area (Å²) in [4.78, 5) is 53.8. The summed E-state index contributed by atoms with van der Waals surface area (Å²) >= 11 is 8.61. The zero-order valence-electron chi connectivity index (χ0n) is 25.2. The Morgan fingerprint density at radius 1 is 1.06 bits per heavy atom. The first-order chi connectivity index (χ1) is 23.2. The van der Waals surface area contributed by atoms with Gasteiger partial charge < -0.3 is 15.4 Å². The fourth-order valence-corrected chi connectivity index (χ4v) is 6.84. The number of benzene rings is 4. The van der Waals surface area contributed by atoms with Gasteiger partial charge in [0.15, 0.2) is 4.34 Å². The number of rotatable bonds is 12. The summed E-state index contributed by atoms with van der Waals surface area (Å²) in [5.74, 6) is -0.832. The van der Waals surface area contributed by atoms with Gasteiger partial charge >= 0.3 is 6.09 Å². The molecule has 15 heteroatoms. The summed E-state index contributed by atoms with van der Waals surface area (Å²) in [6.45, 7) is 1.86. The van der Waals surface area contributed by atoms with Gasteiger partial charge in [-0.15, -0.1) is 11.3 Å². The molecule has 3 N–H and O–H groups in total. The summed E-state index contributed by atoms with van der Waals surface area (Å²) in [7, 11) is 0. The average Bonchev–Trinajstić information content (AvgIpc) is 3.47. The molecule has 3 amide bonds. The van der Waals surface area contributed by atoms with Crippen molar-refractivity contribution in [2.45, 2.75) is 28.6 Å². The molecular weight excluding hydrogens is 676 g/mol. The lowest BCUT2D eigenvalue weighted by Crippen LogP contribution is -2.33. The van der Waals surface area contributed by atoms with Gasteiger partial charge in [0.1, 0.15) is 0 Å². The Balaban J connectivity index is 1.24. The highest BCUT2D eigenvalue weighted by Crippen LogP contribution is 2.39. The third-order valence-electron chi connectivity index (χ3n) is 6.68. The summed E-state index contributed by atoms with van der Waals surface area (Å²) in [6.07, 6.45) is 0.528. The van der Waals surface area contributed by atoms with Crippen molar-refractivity contribution in [1.82, 2.24) is 15.7 Å². The van der Waals surface area contributed by atoms with Gasteiger partial charge in [0, 0.05) is 17.3 Å². The fraction of sp³-hybridized carbons (Fsp3) is 0.121. The SMILES string of the molecule is CCOC(=O)N[C@H](CC(=O)N/N=C\c1ccc(Sc2nc3ccc(NC(=O)c4ccccc4Cl)cc3s2)c([N+](=O)[O-])c1)c1ccccc1. The predicted octanol–water partition coefficient (Wildman–Crippen LogP) is 7.59. The number of aromatic nitrogens is 1. The average molecular weight is 703 g/mol. The maximum atomic E-state index is 12.7. The van der Waals surface area contributed by atoms with Gasteiger partial charge in [0.05, 0.1) is 55.9 Å². The second-order valence-corrected chi connectivity index (χ2v) is 12.7.